The van der Waals surface area contributed by atoms with E-state index in [9.17, 15) is 9.59 Å². The first-order chi connectivity index (χ1) is 8.73. The number of unbranched alkanes of at least 4 members (excludes halogenated alkanes) is 3. The van der Waals surface area contributed by atoms with Crippen LogP contribution in [0, 0.1) is 11.3 Å². The van der Waals surface area contributed by atoms with Gasteiger partial charge in [0.1, 0.15) is 5.78 Å². The van der Waals surface area contributed by atoms with Crippen LogP contribution in [0.5, 0.6) is 0 Å². The molecule has 0 aromatic carbocycles. The van der Waals surface area contributed by atoms with Gasteiger partial charge in [0, 0.05) is 24.8 Å². The largest absolute Gasteiger partial charge is 0.356 e. The maximum absolute atomic E-state index is 11.7. The van der Waals surface area contributed by atoms with Gasteiger partial charge in [-0.2, -0.15) is 0 Å². The molecule has 0 saturated carbocycles. The highest BCUT2D eigenvalue weighted by Gasteiger charge is 2.19. The van der Waals surface area contributed by atoms with Gasteiger partial charge in [-0.1, -0.05) is 47.5 Å². The maximum Gasteiger partial charge on any atom is 0.220 e. The monoisotopic (exact) mass is 269 g/mol. The molecular formula is C16H31NO2. The normalized spacial score (nSPS) is 11.7. The molecule has 0 atom stereocenters. The summed E-state index contributed by atoms with van der Waals surface area (Å²) in [5, 5.41) is 2.93. The van der Waals surface area contributed by atoms with Crippen LogP contribution in [0.2, 0.25) is 0 Å². The van der Waals surface area contributed by atoms with E-state index in [0.29, 0.717) is 24.5 Å². The van der Waals surface area contributed by atoms with Crippen molar-refractivity contribution in [3.63, 3.8) is 0 Å². The van der Waals surface area contributed by atoms with Gasteiger partial charge in [0.15, 0.2) is 0 Å². The van der Waals surface area contributed by atoms with E-state index < -0.39 is 0 Å². The molecule has 0 bridgehead atoms. The van der Waals surface area contributed by atoms with Crippen molar-refractivity contribution in [2.75, 3.05) is 6.54 Å². The first kappa shape index (κ1) is 18.1. The van der Waals surface area contributed by atoms with Gasteiger partial charge in [0.05, 0.1) is 0 Å². The Bertz CT molecular complexity index is 277. The quantitative estimate of drug-likeness (QED) is 0.648. The Balaban J connectivity index is 3.42. The molecule has 0 radical (unpaired) electrons. The molecule has 0 aliphatic heterocycles. The van der Waals surface area contributed by atoms with E-state index in [2.05, 4.69) is 5.32 Å². The molecule has 19 heavy (non-hydrogen) atoms. The summed E-state index contributed by atoms with van der Waals surface area (Å²) in [6.45, 7) is 10.8. The van der Waals surface area contributed by atoms with Crippen LogP contribution < -0.4 is 5.32 Å². The number of ketones is 1. The first-order valence-corrected chi connectivity index (χ1v) is 7.53. The molecular weight excluding hydrogens is 238 g/mol. The number of carbonyl (C=O) groups excluding carboxylic acids is 2. The van der Waals surface area contributed by atoms with Crippen molar-refractivity contribution in [1.29, 1.82) is 0 Å². The van der Waals surface area contributed by atoms with Gasteiger partial charge in [-0.3, -0.25) is 9.59 Å². The number of nitrogens with one attached hydrogen (secondary N) is 1. The summed E-state index contributed by atoms with van der Waals surface area (Å²) < 4.78 is 0. The number of hydrogen-bond donors (Lipinski definition) is 1. The summed E-state index contributed by atoms with van der Waals surface area (Å²) in [6, 6.07) is 0. The second kappa shape index (κ2) is 9.11. The van der Waals surface area contributed by atoms with Crippen LogP contribution in [0.1, 0.15) is 73.1 Å². The molecule has 1 N–H and O–H groups in total. The van der Waals surface area contributed by atoms with Crippen molar-refractivity contribution >= 4 is 11.7 Å². The Morgan fingerprint density at radius 1 is 1.00 bits per heavy atom. The van der Waals surface area contributed by atoms with Gasteiger partial charge in [-0.15, -0.1) is 0 Å². The second-order valence-electron chi connectivity index (χ2n) is 6.79. The van der Waals surface area contributed by atoms with E-state index in [0.717, 1.165) is 32.2 Å². The minimum absolute atomic E-state index is 0.151. The maximum atomic E-state index is 11.7. The van der Waals surface area contributed by atoms with E-state index in [1.165, 1.54) is 0 Å². The van der Waals surface area contributed by atoms with Crippen LogP contribution in [0.3, 0.4) is 0 Å². The molecule has 3 heteroatoms. The molecule has 0 unspecified atom stereocenters. The molecule has 0 aromatic rings. The van der Waals surface area contributed by atoms with Gasteiger partial charge in [0.2, 0.25) is 5.91 Å². The molecule has 0 rings (SSSR count). The van der Waals surface area contributed by atoms with Crippen LogP contribution in [-0.4, -0.2) is 18.2 Å². The van der Waals surface area contributed by atoms with Crippen LogP contribution >= 0.6 is 0 Å². The molecule has 0 aliphatic carbocycles. The van der Waals surface area contributed by atoms with Crippen molar-refractivity contribution in [3.8, 4) is 0 Å². The highest BCUT2D eigenvalue weighted by molar-refractivity contribution is 5.83. The predicted molar refractivity (Wildman–Crippen MR) is 80.0 cm³/mol. The van der Waals surface area contributed by atoms with Crippen LogP contribution in [0.4, 0.5) is 0 Å². The minimum atomic E-state index is -0.204. The van der Waals surface area contributed by atoms with Gasteiger partial charge >= 0.3 is 0 Å². The summed E-state index contributed by atoms with van der Waals surface area (Å²) >= 11 is 0. The Morgan fingerprint density at radius 2 is 1.58 bits per heavy atom. The fourth-order valence-corrected chi connectivity index (χ4v) is 1.81. The average molecular weight is 269 g/mol. The van der Waals surface area contributed by atoms with Gasteiger partial charge in [-0.25, -0.2) is 0 Å². The van der Waals surface area contributed by atoms with Crippen molar-refractivity contribution in [2.24, 2.45) is 11.3 Å². The fraction of sp³-hybridized carbons (Fsp3) is 0.875. The molecule has 3 nitrogen and oxygen atoms in total. The summed E-state index contributed by atoms with van der Waals surface area (Å²) in [4.78, 5) is 23.1. The second-order valence-corrected chi connectivity index (χ2v) is 6.79. The van der Waals surface area contributed by atoms with E-state index in [1.54, 1.807) is 0 Å². The van der Waals surface area contributed by atoms with Crippen LogP contribution in [-0.2, 0) is 9.59 Å². The van der Waals surface area contributed by atoms with Crippen molar-refractivity contribution in [1.82, 2.24) is 5.32 Å². The molecule has 0 fully saturated rings. The number of hydrogen-bond acceptors (Lipinski definition) is 2. The van der Waals surface area contributed by atoms with E-state index in [1.807, 2.05) is 34.6 Å². The van der Waals surface area contributed by atoms with Crippen LogP contribution in [0.15, 0.2) is 0 Å². The zero-order chi connectivity index (χ0) is 14.9. The Hall–Kier alpha value is -0.860. The average Bonchev–Trinajstić information content (AvgIpc) is 2.25. The summed E-state index contributed by atoms with van der Waals surface area (Å²) in [6.07, 6.45) is 5.42. The third-order valence-electron chi connectivity index (χ3n) is 3.08. The van der Waals surface area contributed by atoms with Crippen molar-refractivity contribution in [2.45, 2.75) is 73.1 Å². The molecule has 112 valence electrons. The lowest BCUT2D eigenvalue weighted by Gasteiger charge is -2.16. The zero-order valence-electron chi connectivity index (χ0n) is 13.3. The Morgan fingerprint density at radius 3 is 2.11 bits per heavy atom. The van der Waals surface area contributed by atoms with Crippen LogP contribution in [0.25, 0.3) is 0 Å². The highest BCUT2D eigenvalue weighted by Crippen LogP contribution is 2.18. The molecule has 0 saturated heterocycles. The lowest BCUT2D eigenvalue weighted by molar-refractivity contribution is -0.126. The van der Waals surface area contributed by atoms with Gasteiger partial charge in [0.25, 0.3) is 0 Å². The van der Waals surface area contributed by atoms with E-state index in [4.69, 9.17) is 0 Å². The van der Waals surface area contributed by atoms with Crippen molar-refractivity contribution in [3.05, 3.63) is 0 Å². The SMILES string of the molecule is CC(C)CC(=O)NCCCCCCC(=O)C(C)(C)C. The minimum Gasteiger partial charge on any atom is -0.356 e. The molecule has 1 amide bonds. The smallest absolute Gasteiger partial charge is 0.220 e. The number of carbonyl (C=O) groups is 2. The van der Waals surface area contributed by atoms with E-state index >= 15 is 0 Å². The highest BCUT2D eigenvalue weighted by atomic mass is 16.1. The zero-order valence-corrected chi connectivity index (χ0v) is 13.3. The molecule has 0 aliphatic rings. The Kier molecular flexibility index (Phi) is 8.70. The summed E-state index contributed by atoms with van der Waals surface area (Å²) in [5.74, 6) is 0.916. The standard InChI is InChI=1S/C16H31NO2/c1-13(2)12-15(19)17-11-9-7-6-8-10-14(18)16(3,4)5/h13H,6-12H2,1-5H3,(H,17,19). The third kappa shape index (κ3) is 10.7. The predicted octanol–water partition coefficient (Wildman–Crippen LogP) is 3.71. The topological polar surface area (TPSA) is 46.2 Å². The molecule has 0 spiro atoms. The fourth-order valence-electron chi connectivity index (χ4n) is 1.81. The lowest BCUT2D eigenvalue weighted by Crippen LogP contribution is -2.25. The van der Waals surface area contributed by atoms with E-state index in [-0.39, 0.29) is 11.3 Å². The van der Waals surface area contributed by atoms with Crippen molar-refractivity contribution < 1.29 is 9.59 Å². The lowest BCUT2D eigenvalue weighted by atomic mass is 9.88. The molecule has 0 heterocycles. The Labute approximate surface area is 118 Å². The number of rotatable bonds is 9. The summed E-state index contributed by atoms with van der Waals surface area (Å²) in [5.41, 5.74) is -0.204. The number of amides is 1. The van der Waals surface area contributed by atoms with Gasteiger partial charge < -0.3 is 5.32 Å². The first-order valence-electron chi connectivity index (χ1n) is 7.53. The molecule has 0 aromatic heterocycles. The third-order valence-corrected chi connectivity index (χ3v) is 3.08. The number of Topliss-reactive ketones (excluding diaryl/α,β-unsaturated/α-hetero) is 1. The van der Waals surface area contributed by atoms with Gasteiger partial charge in [-0.05, 0) is 18.8 Å². The summed E-state index contributed by atoms with van der Waals surface area (Å²) in [7, 11) is 0.